The molecule has 0 atom stereocenters. The highest BCUT2D eigenvalue weighted by Crippen LogP contribution is 2.22. The highest BCUT2D eigenvalue weighted by molar-refractivity contribution is 6.30. The number of ketones is 1. The molecule has 0 amide bonds. The molecule has 0 saturated heterocycles. The van der Waals surface area contributed by atoms with Crippen molar-refractivity contribution in [3.8, 4) is 0 Å². The molecule has 2 rings (SSSR count). The van der Waals surface area contributed by atoms with Crippen LogP contribution in [0.25, 0.3) is 0 Å². The molecule has 0 aromatic heterocycles. The highest BCUT2D eigenvalue weighted by Gasteiger charge is 2.15. The van der Waals surface area contributed by atoms with Crippen LogP contribution in [0.15, 0.2) is 29.8 Å². The Morgan fingerprint density at radius 2 is 2.25 bits per heavy atom. The topological polar surface area (TPSA) is 17.1 Å². The molecule has 1 nitrogen and oxygen atoms in total. The first-order chi connectivity index (χ1) is 7.66. The quantitative estimate of drug-likeness (QED) is 0.785. The monoisotopic (exact) mass is 238 g/mol. The fourth-order valence-corrected chi connectivity index (χ4v) is 2.08. The van der Waals surface area contributed by atoms with E-state index in [1.54, 1.807) is 0 Å². The third kappa shape index (κ3) is 2.50. The third-order valence-electron chi connectivity index (χ3n) is 2.76. The SMILES string of the molecule is O=C(Cc1cc(Cl)ccc1F)C1=CCCC1. The van der Waals surface area contributed by atoms with Crippen LogP contribution in [0.5, 0.6) is 0 Å². The van der Waals surface area contributed by atoms with Gasteiger partial charge in [0.1, 0.15) is 5.82 Å². The van der Waals surface area contributed by atoms with Gasteiger partial charge in [0.05, 0.1) is 0 Å². The summed E-state index contributed by atoms with van der Waals surface area (Å²) in [5.41, 5.74) is 1.21. The summed E-state index contributed by atoms with van der Waals surface area (Å²) in [5, 5.41) is 0.463. The van der Waals surface area contributed by atoms with E-state index in [1.165, 1.54) is 18.2 Å². The Morgan fingerprint density at radius 3 is 2.94 bits per heavy atom. The van der Waals surface area contributed by atoms with Gasteiger partial charge < -0.3 is 0 Å². The standard InChI is InChI=1S/C13H12ClFO/c14-11-5-6-12(15)10(7-11)8-13(16)9-3-1-2-4-9/h3,5-7H,1-2,4,8H2. The highest BCUT2D eigenvalue weighted by atomic mass is 35.5. The van der Waals surface area contributed by atoms with Gasteiger partial charge in [0.15, 0.2) is 5.78 Å². The molecule has 1 aromatic rings. The molecule has 0 aliphatic heterocycles. The van der Waals surface area contributed by atoms with Crippen molar-refractivity contribution in [3.05, 3.63) is 46.3 Å². The van der Waals surface area contributed by atoms with E-state index in [0.29, 0.717) is 10.6 Å². The van der Waals surface area contributed by atoms with Gasteiger partial charge in [-0.2, -0.15) is 0 Å². The number of hydrogen-bond acceptors (Lipinski definition) is 1. The summed E-state index contributed by atoms with van der Waals surface area (Å²) in [4.78, 5) is 11.8. The Hall–Kier alpha value is -1.15. The zero-order valence-corrected chi connectivity index (χ0v) is 9.56. The smallest absolute Gasteiger partial charge is 0.163 e. The van der Waals surface area contributed by atoms with Crippen molar-refractivity contribution < 1.29 is 9.18 Å². The van der Waals surface area contributed by atoms with Gasteiger partial charge in [0.25, 0.3) is 0 Å². The summed E-state index contributed by atoms with van der Waals surface area (Å²) in [6, 6.07) is 4.30. The average Bonchev–Trinajstić information content (AvgIpc) is 2.76. The van der Waals surface area contributed by atoms with Crippen LogP contribution in [-0.2, 0) is 11.2 Å². The van der Waals surface area contributed by atoms with Crippen molar-refractivity contribution >= 4 is 17.4 Å². The van der Waals surface area contributed by atoms with E-state index in [2.05, 4.69) is 0 Å². The van der Waals surface area contributed by atoms with E-state index in [-0.39, 0.29) is 18.0 Å². The van der Waals surface area contributed by atoms with Crippen LogP contribution in [0.2, 0.25) is 5.02 Å². The molecule has 0 spiro atoms. The summed E-state index contributed by atoms with van der Waals surface area (Å²) in [5.74, 6) is -0.352. The number of carbonyl (C=O) groups excluding carboxylic acids is 1. The van der Waals surface area contributed by atoms with Crippen LogP contribution in [-0.4, -0.2) is 5.78 Å². The molecular weight excluding hydrogens is 227 g/mol. The maximum atomic E-state index is 13.4. The Labute approximate surface area is 98.9 Å². The fourth-order valence-electron chi connectivity index (χ4n) is 1.89. The minimum atomic E-state index is -0.364. The molecule has 0 N–H and O–H groups in total. The molecule has 0 fully saturated rings. The Balaban J connectivity index is 2.14. The van der Waals surface area contributed by atoms with Crippen LogP contribution < -0.4 is 0 Å². The van der Waals surface area contributed by atoms with Crippen molar-refractivity contribution in [2.24, 2.45) is 0 Å². The lowest BCUT2D eigenvalue weighted by Crippen LogP contribution is -2.06. The Bertz CT molecular complexity index is 451. The maximum Gasteiger partial charge on any atom is 0.163 e. The average molecular weight is 239 g/mol. The first-order valence-electron chi connectivity index (χ1n) is 5.33. The first-order valence-corrected chi connectivity index (χ1v) is 5.71. The van der Waals surface area contributed by atoms with Gasteiger partial charge in [0, 0.05) is 11.4 Å². The fraction of sp³-hybridized carbons (Fsp3) is 0.308. The largest absolute Gasteiger partial charge is 0.294 e. The molecule has 0 radical (unpaired) electrons. The predicted octanol–water partition coefficient (Wildman–Crippen LogP) is 3.70. The van der Waals surface area contributed by atoms with Crippen LogP contribution in [0, 0.1) is 5.82 Å². The number of rotatable bonds is 3. The molecule has 1 aromatic carbocycles. The molecule has 1 aliphatic rings. The number of carbonyl (C=O) groups is 1. The van der Waals surface area contributed by atoms with Gasteiger partial charge in [-0.1, -0.05) is 17.7 Å². The zero-order valence-electron chi connectivity index (χ0n) is 8.80. The van der Waals surface area contributed by atoms with Crippen molar-refractivity contribution in [2.45, 2.75) is 25.7 Å². The van der Waals surface area contributed by atoms with Gasteiger partial charge in [-0.25, -0.2) is 4.39 Å². The van der Waals surface area contributed by atoms with Crippen molar-refractivity contribution in [3.63, 3.8) is 0 Å². The van der Waals surface area contributed by atoms with Gasteiger partial charge in [-0.15, -0.1) is 0 Å². The van der Waals surface area contributed by atoms with Gasteiger partial charge >= 0.3 is 0 Å². The second-order valence-corrected chi connectivity index (χ2v) is 4.39. The number of Topliss-reactive ketones (excluding diaryl/α,β-unsaturated/α-hetero) is 1. The van der Waals surface area contributed by atoms with E-state index in [0.717, 1.165) is 24.8 Å². The number of halogens is 2. The van der Waals surface area contributed by atoms with Crippen LogP contribution >= 0.6 is 11.6 Å². The summed E-state index contributed by atoms with van der Waals surface area (Å²) >= 11 is 5.77. The minimum Gasteiger partial charge on any atom is -0.294 e. The lowest BCUT2D eigenvalue weighted by molar-refractivity contribution is -0.115. The predicted molar refractivity (Wildman–Crippen MR) is 62.1 cm³/mol. The van der Waals surface area contributed by atoms with Gasteiger partial charge in [0.2, 0.25) is 0 Å². The summed E-state index contributed by atoms with van der Waals surface area (Å²) < 4.78 is 13.4. The molecular formula is C13H12ClFO. The van der Waals surface area contributed by atoms with Crippen molar-refractivity contribution in [2.75, 3.05) is 0 Å². The third-order valence-corrected chi connectivity index (χ3v) is 2.99. The zero-order chi connectivity index (χ0) is 11.5. The van der Waals surface area contributed by atoms with E-state index in [1.807, 2.05) is 6.08 Å². The lowest BCUT2D eigenvalue weighted by Gasteiger charge is -2.04. The van der Waals surface area contributed by atoms with E-state index in [4.69, 9.17) is 11.6 Å². The molecule has 3 heteroatoms. The minimum absolute atomic E-state index is 0.0127. The number of allylic oxidation sites excluding steroid dienone is 2. The molecule has 0 unspecified atom stereocenters. The normalized spacial score (nSPS) is 15.0. The summed E-state index contributed by atoms with van der Waals surface area (Å²) in [6.45, 7) is 0. The van der Waals surface area contributed by atoms with Crippen LogP contribution in [0.4, 0.5) is 4.39 Å². The number of benzene rings is 1. The second-order valence-electron chi connectivity index (χ2n) is 3.96. The molecule has 16 heavy (non-hydrogen) atoms. The summed E-state index contributed by atoms with van der Waals surface area (Å²) in [7, 11) is 0. The van der Waals surface area contributed by atoms with Crippen LogP contribution in [0.3, 0.4) is 0 Å². The number of hydrogen-bond donors (Lipinski definition) is 0. The molecule has 0 saturated carbocycles. The van der Waals surface area contributed by atoms with Gasteiger partial charge in [-0.3, -0.25) is 4.79 Å². The van der Waals surface area contributed by atoms with E-state index in [9.17, 15) is 9.18 Å². The molecule has 0 heterocycles. The van der Waals surface area contributed by atoms with Gasteiger partial charge in [-0.05, 0) is 48.6 Å². The Morgan fingerprint density at radius 1 is 1.44 bits per heavy atom. The molecule has 1 aliphatic carbocycles. The Kier molecular flexibility index (Phi) is 3.39. The maximum absolute atomic E-state index is 13.4. The van der Waals surface area contributed by atoms with Crippen molar-refractivity contribution in [1.29, 1.82) is 0 Å². The summed E-state index contributed by atoms with van der Waals surface area (Å²) in [6.07, 6.45) is 4.86. The van der Waals surface area contributed by atoms with E-state index < -0.39 is 0 Å². The van der Waals surface area contributed by atoms with E-state index >= 15 is 0 Å². The van der Waals surface area contributed by atoms with Crippen molar-refractivity contribution in [1.82, 2.24) is 0 Å². The molecule has 0 bridgehead atoms. The lowest BCUT2D eigenvalue weighted by atomic mass is 10.0. The second kappa shape index (κ2) is 4.79. The van der Waals surface area contributed by atoms with Crippen LogP contribution in [0.1, 0.15) is 24.8 Å². The first kappa shape index (κ1) is 11.3. The molecule has 84 valence electrons.